The molecule has 0 N–H and O–H groups in total. The van der Waals surface area contributed by atoms with E-state index in [1.807, 2.05) is 19.1 Å². The number of benzene rings is 1. The zero-order valence-corrected chi connectivity index (χ0v) is 12.7. The number of carbonyl (C=O) groups excluding carboxylic acids is 1. The summed E-state index contributed by atoms with van der Waals surface area (Å²) in [5.74, 6) is -0.103. The Morgan fingerprint density at radius 1 is 1.48 bits per heavy atom. The first-order valence-corrected chi connectivity index (χ1v) is 8.14. The molecule has 0 bridgehead atoms. The van der Waals surface area contributed by atoms with Gasteiger partial charge in [-0.2, -0.15) is 0 Å². The number of ether oxygens (including phenoxy) is 1. The van der Waals surface area contributed by atoms with Crippen LogP contribution in [0.3, 0.4) is 0 Å². The number of aryl methyl sites for hydroxylation is 1. The molecular formula is C16H16N2O2S. The van der Waals surface area contributed by atoms with E-state index in [1.165, 1.54) is 15.9 Å². The van der Waals surface area contributed by atoms with E-state index in [9.17, 15) is 4.79 Å². The largest absolute Gasteiger partial charge is 0.466 e. The van der Waals surface area contributed by atoms with Crippen molar-refractivity contribution < 1.29 is 9.53 Å². The Labute approximate surface area is 126 Å². The zero-order valence-electron chi connectivity index (χ0n) is 11.8. The van der Waals surface area contributed by atoms with E-state index in [0.717, 1.165) is 29.9 Å². The van der Waals surface area contributed by atoms with Gasteiger partial charge in [-0.25, -0.2) is 4.98 Å². The summed E-state index contributed by atoms with van der Waals surface area (Å²) >= 11 is 1.71. The second-order valence-electron chi connectivity index (χ2n) is 5.38. The van der Waals surface area contributed by atoms with Gasteiger partial charge in [0.15, 0.2) is 4.96 Å². The van der Waals surface area contributed by atoms with Crippen molar-refractivity contribution in [2.75, 3.05) is 6.61 Å². The molecule has 0 spiro atoms. The summed E-state index contributed by atoms with van der Waals surface area (Å²) in [5.41, 5.74) is 3.52. The normalized spacial score (nSPS) is 18.0. The molecule has 108 valence electrons. The molecule has 1 aromatic carbocycles. The van der Waals surface area contributed by atoms with Crippen LogP contribution in [0.4, 0.5) is 0 Å². The smallest absolute Gasteiger partial charge is 0.309 e. The molecule has 4 nitrogen and oxygen atoms in total. The number of aromatic nitrogens is 2. The molecule has 0 saturated heterocycles. The van der Waals surface area contributed by atoms with Crippen molar-refractivity contribution in [2.24, 2.45) is 5.92 Å². The zero-order chi connectivity index (χ0) is 14.4. The number of imidazole rings is 1. The number of fused-ring (bicyclic) bond motifs is 5. The first-order valence-electron chi connectivity index (χ1n) is 7.32. The van der Waals surface area contributed by atoms with E-state index < -0.39 is 0 Å². The highest BCUT2D eigenvalue weighted by molar-refractivity contribution is 7.23. The molecule has 21 heavy (non-hydrogen) atoms. The van der Waals surface area contributed by atoms with Gasteiger partial charge in [-0.3, -0.25) is 9.20 Å². The van der Waals surface area contributed by atoms with E-state index in [-0.39, 0.29) is 11.9 Å². The third-order valence-corrected chi connectivity index (χ3v) is 5.14. The van der Waals surface area contributed by atoms with E-state index in [1.54, 1.807) is 11.3 Å². The third-order valence-electron chi connectivity index (χ3n) is 4.12. The lowest BCUT2D eigenvalue weighted by Gasteiger charge is -2.20. The van der Waals surface area contributed by atoms with Gasteiger partial charge in [0.05, 0.1) is 28.4 Å². The summed E-state index contributed by atoms with van der Waals surface area (Å²) in [4.78, 5) is 17.8. The summed E-state index contributed by atoms with van der Waals surface area (Å²) in [5, 5.41) is 0. The second-order valence-corrected chi connectivity index (χ2v) is 6.39. The van der Waals surface area contributed by atoms with Gasteiger partial charge in [0.2, 0.25) is 0 Å². The first-order chi connectivity index (χ1) is 10.3. The maximum Gasteiger partial charge on any atom is 0.309 e. The molecule has 2 aromatic heterocycles. The average Bonchev–Trinajstić information content (AvgIpc) is 3.02. The number of nitrogens with zero attached hydrogens (tertiary/aromatic N) is 2. The van der Waals surface area contributed by atoms with Crippen LogP contribution in [0.25, 0.3) is 15.2 Å². The monoisotopic (exact) mass is 300 g/mol. The molecule has 0 amide bonds. The number of hydrogen-bond acceptors (Lipinski definition) is 4. The standard InChI is InChI=1S/C16H16N2O2S/c1-2-20-15(19)10-7-8-11-13(9-10)18-12-5-3-4-6-14(12)21-16(18)17-11/h3-6,10H,2,7-9H2,1H3. The SMILES string of the molecule is CCOC(=O)C1CCc2nc3sc4ccccc4n3c2C1. The Bertz CT molecular complexity index is 833. The number of rotatable bonds is 2. The molecule has 0 aliphatic heterocycles. The topological polar surface area (TPSA) is 43.6 Å². The van der Waals surface area contributed by atoms with Gasteiger partial charge in [-0.15, -0.1) is 0 Å². The van der Waals surface area contributed by atoms with Crippen LogP contribution in [0.5, 0.6) is 0 Å². The van der Waals surface area contributed by atoms with E-state index in [0.29, 0.717) is 6.61 Å². The van der Waals surface area contributed by atoms with Crippen molar-refractivity contribution in [1.29, 1.82) is 0 Å². The second kappa shape index (κ2) is 4.84. The predicted octanol–water partition coefficient (Wildman–Crippen LogP) is 3.22. The molecule has 4 rings (SSSR count). The molecule has 1 unspecified atom stereocenters. The fraction of sp³-hybridized carbons (Fsp3) is 0.375. The van der Waals surface area contributed by atoms with Crippen LogP contribution in [-0.2, 0) is 22.4 Å². The Morgan fingerprint density at radius 2 is 2.33 bits per heavy atom. The van der Waals surface area contributed by atoms with Crippen molar-refractivity contribution >= 4 is 32.5 Å². The average molecular weight is 300 g/mol. The quantitative estimate of drug-likeness (QED) is 0.683. The summed E-state index contributed by atoms with van der Waals surface area (Å²) in [6, 6.07) is 8.33. The van der Waals surface area contributed by atoms with Crippen molar-refractivity contribution in [2.45, 2.75) is 26.2 Å². The number of hydrogen-bond donors (Lipinski definition) is 0. The van der Waals surface area contributed by atoms with Gasteiger partial charge >= 0.3 is 5.97 Å². The van der Waals surface area contributed by atoms with E-state index in [4.69, 9.17) is 9.72 Å². The molecule has 1 aliphatic carbocycles. The number of carbonyl (C=O) groups is 1. The number of para-hydroxylation sites is 1. The highest BCUT2D eigenvalue weighted by Gasteiger charge is 2.30. The molecule has 5 heteroatoms. The molecule has 1 aliphatic rings. The summed E-state index contributed by atoms with van der Waals surface area (Å²) in [7, 11) is 0. The lowest BCUT2D eigenvalue weighted by atomic mass is 9.90. The highest BCUT2D eigenvalue weighted by atomic mass is 32.1. The molecule has 0 radical (unpaired) electrons. The minimum Gasteiger partial charge on any atom is -0.466 e. The van der Waals surface area contributed by atoms with Gasteiger partial charge < -0.3 is 4.74 Å². The maximum absolute atomic E-state index is 12.0. The highest BCUT2D eigenvalue weighted by Crippen LogP contribution is 2.33. The van der Waals surface area contributed by atoms with Gasteiger partial charge in [0.25, 0.3) is 0 Å². The summed E-state index contributed by atoms with van der Waals surface area (Å²) < 4.78 is 8.65. The fourth-order valence-electron chi connectivity index (χ4n) is 3.13. The van der Waals surface area contributed by atoms with Gasteiger partial charge in [0, 0.05) is 12.1 Å². The van der Waals surface area contributed by atoms with Crippen molar-refractivity contribution in [1.82, 2.24) is 9.38 Å². The van der Waals surface area contributed by atoms with Crippen LogP contribution < -0.4 is 0 Å². The first kappa shape index (κ1) is 12.8. The number of esters is 1. The molecule has 0 fully saturated rings. The third kappa shape index (κ3) is 1.95. The Morgan fingerprint density at radius 3 is 3.19 bits per heavy atom. The van der Waals surface area contributed by atoms with Crippen molar-refractivity contribution in [3.8, 4) is 0 Å². The minimum atomic E-state index is -0.0716. The minimum absolute atomic E-state index is 0.0315. The lowest BCUT2D eigenvalue weighted by Crippen LogP contribution is -2.25. The van der Waals surface area contributed by atoms with E-state index >= 15 is 0 Å². The van der Waals surface area contributed by atoms with Gasteiger partial charge in [-0.05, 0) is 31.9 Å². The molecule has 2 heterocycles. The van der Waals surface area contributed by atoms with Gasteiger partial charge in [-0.1, -0.05) is 23.5 Å². The van der Waals surface area contributed by atoms with Crippen LogP contribution >= 0.6 is 11.3 Å². The van der Waals surface area contributed by atoms with Crippen molar-refractivity contribution in [3.63, 3.8) is 0 Å². The van der Waals surface area contributed by atoms with Crippen LogP contribution in [0, 0.1) is 5.92 Å². The Hall–Kier alpha value is -1.88. The fourth-order valence-corrected chi connectivity index (χ4v) is 4.20. The molecular weight excluding hydrogens is 284 g/mol. The molecule has 0 saturated carbocycles. The predicted molar refractivity (Wildman–Crippen MR) is 82.7 cm³/mol. The van der Waals surface area contributed by atoms with Crippen LogP contribution in [0.15, 0.2) is 24.3 Å². The lowest BCUT2D eigenvalue weighted by molar-refractivity contribution is -0.148. The van der Waals surface area contributed by atoms with Crippen LogP contribution in [-0.4, -0.2) is 22.0 Å². The molecule has 3 aromatic rings. The Balaban J connectivity index is 1.82. The van der Waals surface area contributed by atoms with E-state index in [2.05, 4.69) is 16.5 Å². The van der Waals surface area contributed by atoms with Gasteiger partial charge in [0.1, 0.15) is 0 Å². The Kier molecular flexibility index (Phi) is 2.96. The van der Waals surface area contributed by atoms with Crippen LogP contribution in [0.2, 0.25) is 0 Å². The maximum atomic E-state index is 12.0. The molecule has 1 atom stereocenters. The van der Waals surface area contributed by atoms with Crippen LogP contribution in [0.1, 0.15) is 24.7 Å². The summed E-state index contributed by atoms with van der Waals surface area (Å²) in [6.45, 7) is 2.31. The van der Waals surface area contributed by atoms with Crippen molar-refractivity contribution in [3.05, 3.63) is 35.7 Å². The number of thiazole rings is 1. The summed E-state index contributed by atoms with van der Waals surface area (Å²) in [6.07, 6.45) is 2.44.